The quantitative estimate of drug-likeness (QED) is 0.578. The Balaban J connectivity index is 1.94. The van der Waals surface area contributed by atoms with E-state index in [2.05, 4.69) is 15.6 Å². The van der Waals surface area contributed by atoms with Crippen LogP contribution in [0.1, 0.15) is 6.42 Å². The molecule has 1 rings (SSSR count). The van der Waals surface area contributed by atoms with Crippen LogP contribution in [0.5, 0.6) is 0 Å². The van der Waals surface area contributed by atoms with Crippen molar-refractivity contribution in [2.24, 2.45) is 0 Å². The molecule has 0 saturated heterocycles. The molecule has 6 nitrogen and oxygen atoms in total. The van der Waals surface area contributed by atoms with E-state index in [4.69, 9.17) is 4.74 Å². The topological polar surface area (TPSA) is 68.2 Å². The second-order valence-corrected chi connectivity index (χ2v) is 3.64. The molecule has 0 atom stereocenters. The average Bonchev–Trinajstić information content (AvgIpc) is 2.84. The van der Waals surface area contributed by atoms with E-state index < -0.39 is 0 Å². The van der Waals surface area contributed by atoms with E-state index in [-0.39, 0.29) is 5.91 Å². The van der Waals surface area contributed by atoms with Gasteiger partial charge in [-0.1, -0.05) is 0 Å². The molecule has 1 amide bonds. The van der Waals surface area contributed by atoms with Crippen LogP contribution in [0.4, 0.5) is 0 Å². The third kappa shape index (κ3) is 6.70. The maximum absolute atomic E-state index is 11.4. The standard InChI is InChI=1S/C11H20N4O2/c1-17-9-6-12-3-4-14-11(16)2-7-15-8-5-13-10-15/h5,8,10,12H,2-4,6-7,9H2,1H3,(H,14,16). The summed E-state index contributed by atoms with van der Waals surface area (Å²) in [5.41, 5.74) is 0. The Morgan fingerprint density at radius 1 is 1.41 bits per heavy atom. The first-order valence-corrected chi connectivity index (χ1v) is 5.75. The van der Waals surface area contributed by atoms with Crippen molar-refractivity contribution in [3.05, 3.63) is 18.7 Å². The number of nitrogens with zero attached hydrogens (tertiary/aromatic N) is 2. The van der Waals surface area contributed by atoms with E-state index in [9.17, 15) is 4.79 Å². The number of carbonyl (C=O) groups excluding carboxylic acids is 1. The highest BCUT2D eigenvalue weighted by Gasteiger charge is 2.00. The van der Waals surface area contributed by atoms with Crippen molar-refractivity contribution in [2.45, 2.75) is 13.0 Å². The third-order valence-electron chi connectivity index (χ3n) is 2.26. The van der Waals surface area contributed by atoms with E-state index in [1.807, 2.05) is 10.8 Å². The Hall–Kier alpha value is -1.40. The zero-order valence-electron chi connectivity index (χ0n) is 10.2. The number of aromatic nitrogens is 2. The molecule has 0 aromatic carbocycles. The van der Waals surface area contributed by atoms with Crippen molar-refractivity contribution in [2.75, 3.05) is 33.4 Å². The maximum Gasteiger partial charge on any atom is 0.221 e. The molecule has 1 heterocycles. The van der Waals surface area contributed by atoms with E-state index in [1.54, 1.807) is 19.6 Å². The summed E-state index contributed by atoms with van der Waals surface area (Å²) in [6, 6.07) is 0. The second kappa shape index (κ2) is 8.72. The molecule has 17 heavy (non-hydrogen) atoms. The second-order valence-electron chi connectivity index (χ2n) is 3.64. The fraction of sp³-hybridized carbons (Fsp3) is 0.636. The molecular weight excluding hydrogens is 220 g/mol. The fourth-order valence-corrected chi connectivity index (χ4v) is 1.33. The largest absolute Gasteiger partial charge is 0.383 e. The highest BCUT2D eigenvalue weighted by Crippen LogP contribution is 1.89. The van der Waals surface area contributed by atoms with Gasteiger partial charge in [-0.3, -0.25) is 4.79 Å². The Kier molecular flexibility index (Phi) is 7.01. The molecule has 0 saturated carbocycles. The molecule has 2 N–H and O–H groups in total. The Morgan fingerprint density at radius 2 is 2.29 bits per heavy atom. The number of amides is 1. The molecule has 0 fully saturated rings. The first-order chi connectivity index (χ1) is 8.33. The van der Waals surface area contributed by atoms with Crippen molar-refractivity contribution in [3.63, 3.8) is 0 Å². The lowest BCUT2D eigenvalue weighted by molar-refractivity contribution is -0.121. The number of aryl methyl sites for hydroxylation is 1. The van der Waals surface area contributed by atoms with Crippen LogP contribution >= 0.6 is 0 Å². The number of rotatable bonds is 9. The van der Waals surface area contributed by atoms with Crippen molar-refractivity contribution in [3.8, 4) is 0 Å². The van der Waals surface area contributed by atoms with Gasteiger partial charge in [0.1, 0.15) is 0 Å². The monoisotopic (exact) mass is 240 g/mol. The van der Waals surface area contributed by atoms with Gasteiger partial charge in [0, 0.05) is 52.1 Å². The van der Waals surface area contributed by atoms with Crippen molar-refractivity contribution in [1.82, 2.24) is 20.2 Å². The van der Waals surface area contributed by atoms with Gasteiger partial charge >= 0.3 is 0 Å². The molecule has 0 aliphatic heterocycles. The molecule has 6 heteroatoms. The smallest absolute Gasteiger partial charge is 0.221 e. The normalized spacial score (nSPS) is 10.4. The van der Waals surface area contributed by atoms with Crippen molar-refractivity contribution < 1.29 is 9.53 Å². The number of nitrogens with one attached hydrogen (secondary N) is 2. The highest BCUT2D eigenvalue weighted by atomic mass is 16.5. The number of hydrogen-bond acceptors (Lipinski definition) is 4. The van der Waals surface area contributed by atoms with E-state index in [0.29, 0.717) is 26.1 Å². The average molecular weight is 240 g/mol. The number of methoxy groups -OCH3 is 1. The van der Waals surface area contributed by atoms with E-state index in [0.717, 1.165) is 13.1 Å². The third-order valence-corrected chi connectivity index (χ3v) is 2.26. The number of ether oxygens (including phenoxy) is 1. The van der Waals surface area contributed by atoms with Gasteiger partial charge in [-0.2, -0.15) is 0 Å². The van der Waals surface area contributed by atoms with Gasteiger partial charge in [0.2, 0.25) is 5.91 Å². The minimum Gasteiger partial charge on any atom is -0.383 e. The summed E-state index contributed by atoms with van der Waals surface area (Å²) in [4.78, 5) is 15.3. The number of hydrogen-bond donors (Lipinski definition) is 2. The summed E-state index contributed by atoms with van der Waals surface area (Å²) in [5, 5.41) is 6.00. The highest BCUT2D eigenvalue weighted by molar-refractivity contribution is 5.75. The van der Waals surface area contributed by atoms with E-state index >= 15 is 0 Å². The minimum atomic E-state index is 0.0623. The zero-order chi connectivity index (χ0) is 12.3. The molecule has 0 spiro atoms. The molecule has 1 aromatic rings. The van der Waals surface area contributed by atoms with Crippen molar-refractivity contribution in [1.29, 1.82) is 0 Å². The van der Waals surface area contributed by atoms with Crippen LogP contribution in [-0.2, 0) is 16.1 Å². The van der Waals surface area contributed by atoms with Gasteiger partial charge in [-0.05, 0) is 0 Å². The zero-order valence-corrected chi connectivity index (χ0v) is 10.2. The van der Waals surface area contributed by atoms with Crippen LogP contribution in [0, 0.1) is 0 Å². The van der Waals surface area contributed by atoms with Gasteiger partial charge in [-0.15, -0.1) is 0 Å². The lowest BCUT2D eigenvalue weighted by Crippen LogP contribution is -2.33. The number of carbonyl (C=O) groups is 1. The number of imidazole rings is 1. The summed E-state index contributed by atoms with van der Waals surface area (Å²) in [6.45, 7) is 3.57. The SMILES string of the molecule is COCCNCCNC(=O)CCn1ccnc1. The van der Waals surface area contributed by atoms with Gasteiger partial charge in [-0.25, -0.2) is 4.98 Å². The summed E-state index contributed by atoms with van der Waals surface area (Å²) in [6.07, 6.45) is 5.74. The predicted octanol–water partition coefficient (Wildman–Crippen LogP) is -0.375. The van der Waals surface area contributed by atoms with Gasteiger partial charge in [0.25, 0.3) is 0 Å². The fourth-order valence-electron chi connectivity index (χ4n) is 1.33. The molecule has 0 aliphatic carbocycles. The van der Waals surface area contributed by atoms with Crippen molar-refractivity contribution >= 4 is 5.91 Å². The predicted molar refractivity (Wildman–Crippen MR) is 64.6 cm³/mol. The lowest BCUT2D eigenvalue weighted by Gasteiger charge is -2.06. The van der Waals surface area contributed by atoms with Gasteiger partial charge in [0.15, 0.2) is 0 Å². The van der Waals surface area contributed by atoms with E-state index in [1.165, 1.54) is 0 Å². The molecule has 0 radical (unpaired) electrons. The first kappa shape index (κ1) is 13.7. The minimum absolute atomic E-state index is 0.0623. The molecule has 96 valence electrons. The van der Waals surface area contributed by atoms with Crippen LogP contribution in [0.3, 0.4) is 0 Å². The first-order valence-electron chi connectivity index (χ1n) is 5.75. The Labute approximate surface area is 101 Å². The van der Waals surface area contributed by atoms with Crippen LogP contribution in [0.2, 0.25) is 0 Å². The van der Waals surface area contributed by atoms with Crippen LogP contribution in [0.15, 0.2) is 18.7 Å². The summed E-state index contributed by atoms with van der Waals surface area (Å²) in [7, 11) is 1.67. The molecule has 1 aromatic heterocycles. The van der Waals surface area contributed by atoms with Crippen LogP contribution in [0.25, 0.3) is 0 Å². The molecule has 0 aliphatic rings. The summed E-state index contributed by atoms with van der Waals surface area (Å²) >= 11 is 0. The molecular formula is C11H20N4O2. The lowest BCUT2D eigenvalue weighted by atomic mass is 10.4. The molecule has 0 bridgehead atoms. The summed E-state index contributed by atoms with van der Waals surface area (Å²) in [5.74, 6) is 0.0623. The van der Waals surface area contributed by atoms with Crippen LogP contribution < -0.4 is 10.6 Å². The van der Waals surface area contributed by atoms with Gasteiger partial charge in [0.05, 0.1) is 12.9 Å². The Morgan fingerprint density at radius 3 is 3.00 bits per heavy atom. The maximum atomic E-state index is 11.4. The van der Waals surface area contributed by atoms with Crippen LogP contribution in [-0.4, -0.2) is 48.8 Å². The molecule has 0 unspecified atom stereocenters. The Bertz CT molecular complexity index is 300. The van der Waals surface area contributed by atoms with Gasteiger partial charge < -0.3 is 19.9 Å². The summed E-state index contributed by atoms with van der Waals surface area (Å²) < 4.78 is 6.78.